The number of carbonyl (C=O) groups is 1. The van der Waals surface area contributed by atoms with Gasteiger partial charge in [0.2, 0.25) is 0 Å². The highest BCUT2D eigenvalue weighted by molar-refractivity contribution is 5.81. The van der Waals surface area contributed by atoms with Crippen LogP contribution in [0.4, 0.5) is 0 Å². The zero-order valence-corrected chi connectivity index (χ0v) is 13.6. The Morgan fingerprint density at radius 2 is 1.80 bits per heavy atom. The van der Waals surface area contributed by atoms with Crippen molar-refractivity contribution in [1.29, 1.82) is 0 Å². The van der Waals surface area contributed by atoms with Gasteiger partial charge in [0.1, 0.15) is 5.54 Å². The number of esters is 1. The molecule has 2 fully saturated rings. The molecule has 116 valence electrons. The Kier molecular flexibility index (Phi) is 4.78. The molecule has 0 aromatic heterocycles. The van der Waals surface area contributed by atoms with E-state index in [1.165, 1.54) is 39.2 Å². The van der Waals surface area contributed by atoms with E-state index in [2.05, 4.69) is 26.1 Å². The Morgan fingerprint density at radius 1 is 1.15 bits per heavy atom. The normalized spacial score (nSPS) is 34.7. The van der Waals surface area contributed by atoms with Crippen molar-refractivity contribution in [1.82, 2.24) is 5.32 Å². The van der Waals surface area contributed by atoms with E-state index in [1.54, 1.807) is 0 Å². The van der Waals surface area contributed by atoms with Crippen LogP contribution >= 0.6 is 0 Å². The van der Waals surface area contributed by atoms with E-state index in [0.29, 0.717) is 17.4 Å². The summed E-state index contributed by atoms with van der Waals surface area (Å²) >= 11 is 0. The van der Waals surface area contributed by atoms with Gasteiger partial charge in [0.15, 0.2) is 0 Å². The van der Waals surface area contributed by atoms with Gasteiger partial charge < -0.3 is 4.74 Å². The molecule has 3 nitrogen and oxygen atoms in total. The number of hydrogen-bond donors (Lipinski definition) is 1. The Bertz CT molecular complexity index is 347. The molecule has 3 heteroatoms. The third-order valence-electron chi connectivity index (χ3n) is 5.51. The highest BCUT2D eigenvalue weighted by atomic mass is 16.5. The Balaban J connectivity index is 2.15. The SMILES string of the molecule is COC(=O)C1(NC2CCCCC2)CCC(C)(C)CC1C. The maximum Gasteiger partial charge on any atom is 0.326 e. The molecule has 2 saturated carbocycles. The molecule has 2 aliphatic carbocycles. The van der Waals surface area contributed by atoms with Crippen LogP contribution in [0.1, 0.15) is 72.1 Å². The monoisotopic (exact) mass is 281 g/mol. The Morgan fingerprint density at radius 3 is 2.35 bits per heavy atom. The largest absolute Gasteiger partial charge is 0.468 e. The van der Waals surface area contributed by atoms with Crippen LogP contribution in [0.15, 0.2) is 0 Å². The lowest BCUT2D eigenvalue weighted by Gasteiger charge is -2.48. The van der Waals surface area contributed by atoms with Gasteiger partial charge in [-0.25, -0.2) is 0 Å². The molecule has 0 aliphatic heterocycles. The highest BCUT2D eigenvalue weighted by Gasteiger charge is 2.50. The number of hydrogen-bond acceptors (Lipinski definition) is 3. The van der Waals surface area contributed by atoms with Gasteiger partial charge in [-0.05, 0) is 43.4 Å². The van der Waals surface area contributed by atoms with Crippen LogP contribution in [-0.4, -0.2) is 24.7 Å². The Labute approximate surface area is 123 Å². The lowest BCUT2D eigenvalue weighted by molar-refractivity contribution is -0.155. The smallest absolute Gasteiger partial charge is 0.326 e. The fourth-order valence-electron chi connectivity index (χ4n) is 4.26. The van der Waals surface area contributed by atoms with E-state index in [-0.39, 0.29) is 5.97 Å². The number of ether oxygens (including phenoxy) is 1. The van der Waals surface area contributed by atoms with Crippen LogP contribution in [0.25, 0.3) is 0 Å². The van der Waals surface area contributed by atoms with Crippen molar-refractivity contribution in [3.63, 3.8) is 0 Å². The average molecular weight is 281 g/mol. The molecule has 0 bridgehead atoms. The van der Waals surface area contributed by atoms with Gasteiger partial charge in [0.05, 0.1) is 7.11 Å². The quantitative estimate of drug-likeness (QED) is 0.802. The molecule has 0 aromatic carbocycles. The summed E-state index contributed by atoms with van der Waals surface area (Å²) in [5, 5.41) is 3.74. The van der Waals surface area contributed by atoms with Crippen LogP contribution < -0.4 is 5.32 Å². The highest BCUT2D eigenvalue weighted by Crippen LogP contribution is 2.45. The molecule has 2 unspecified atom stereocenters. The van der Waals surface area contributed by atoms with Crippen molar-refractivity contribution < 1.29 is 9.53 Å². The molecule has 2 aliphatic rings. The average Bonchev–Trinajstić information content (AvgIpc) is 2.42. The maximum absolute atomic E-state index is 12.5. The van der Waals surface area contributed by atoms with Crippen molar-refractivity contribution in [2.45, 2.75) is 83.7 Å². The summed E-state index contributed by atoms with van der Waals surface area (Å²) in [4.78, 5) is 12.5. The van der Waals surface area contributed by atoms with Gasteiger partial charge in [-0.3, -0.25) is 10.1 Å². The second kappa shape index (κ2) is 6.05. The third-order valence-corrected chi connectivity index (χ3v) is 5.51. The van der Waals surface area contributed by atoms with E-state index in [9.17, 15) is 4.79 Å². The minimum Gasteiger partial charge on any atom is -0.468 e. The van der Waals surface area contributed by atoms with Crippen molar-refractivity contribution in [2.24, 2.45) is 11.3 Å². The first-order valence-corrected chi connectivity index (χ1v) is 8.26. The summed E-state index contributed by atoms with van der Waals surface area (Å²) in [6, 6.07) is 0.492. The second-order valence-electron chi connectivity index (χ2n) is 7.71. The molecular weight excluding hydrogens is 250 g/mol. The van der Waals surface area contributed by atoms with E-state index in [0.717, 1.165) is 19.3 Å². The molecule has 0 radical (unpaired) electrons. The van der Waals surface area contributed by atoms with Crippen molar-refractivity contribution >= 4 is 5.97 Å². The predicted octanol–water partition coefficient (Wildman–Crippen LogP) is 3.67. The van der Waals surface area contributed by atoms with Crippen LogP contribution in [0, 0.1) is 11.3 Å². The predicted molar refractivity (Wildman–Crippen MR) is 81.6 cm³/mol. The molecule has 20 heavy (non-hydrogen) atoms. The summed E-state index contributed by atoms with van der Waals surface area (Å²) in [5.74, 6) is 0.284. The lowest BCUT2D eigenvalue weighted by atomic mass is 9.63. The first kappa shape index (κ1) is 15.8. The summed E-state index contributed by atoms with van der Waals surface area (Å²) in [7, 11) is 1.53. The minimum atomic E-state index is -0.452. The van der Waals surface area contributed by atoms with Gasteiger partial charge >= 0.3 is 5.97 Å². The molecule has 0 heterocycles. The van der Waals surface area contributed by atoms with Gasteiger partial charge in [-0.2, -0.15) is 0 Å². The summed E-state index contributed by atoms with van der Waals surface area (Å²) in [6.45, 7) is 6.84. The van der Waals surface area contributed by atoms with Crippen LogP contribution in [-0.2, 0) is 9.53 Å². The van der Waals surface area contributed by atoms with Gasteiger partial charge in [-0.15, -0.1) is 0 Å². The molecule has 0 saturated heterocycles. The van der Waals surface area contributed by atoms with Crippen molar-refractivity contribution in [3.05, 3.63) is 0 Å². The third kappa shape index (κ3) is 3.19. The van der Waals surface area contributed by atoms with Crippen LogP contribution in [0.3, 0.4) is 0 Å². The fourth-order valence-corrected chi connectivity index (χ4v) is 4.26. The maximum atomic E-state index is 12.5. The molecule has 2 atom stereocenters. The molecule has 0 spiro atoms. The van der Waals surface area contributed by atoms with Crippen molar-refractivity contribution in [3.8, 4) is 0 Å². The zero-order valence-electron chi connectivity index (χ0n) is 13.6. The van der Waals surface area contributed by atoms with Crippen molar-refractivity contribution in [2.75, 3.05) is 7.11 Å². The van der Waals surface area contributed by atoms with Gasteiger partial charge in [-0.1, -0.05) is 40.0 Å². The lowest BCUT2D eigenvalue weighted by Crippen LogP contribution is -2.63. The van der Waals surface area contributed by atoms with Crippen LogP contribution in [0.2, 0.25) is 0 Å². The topological polar surface area (TPSA) is 38.3 Å². The number of methoxy groups -OCH3 is 1. The van der Waals surface area contributed by atoms with Gasteiger partial charge in [0, 0.05) is 6.04 Å². The van der Waals surface area contributed by atoms with E-state index in [4.69, 9.17) is 4.74 Å². The molecule has 1 N–H and O–H groups in total. The van der Waals surface area contributed by atoms with E-state index < -0.39 is 5.54 Å². The second-order valence-corrected chi connectivity index (χ2v) is 7.71. The molecule has 0 amide bonds. The summed E-state index contributed by atoms with van der Waals surface area (Å²) in [5.41, 5.74) is -0.114. The number of carbonyl (C=O) groups excluding carboxylic acids is 1. The molecule has 0 aromatic rings. The Hall–Kier alpha value is -0.570. The first-order valence-electron chi connectivity index (χ1n) is 8.26. The molecule has 2 rings (SSSR count). The van der Waals surface area contributed by atoms with Crippen LogP contribution in [0.5, 0.6) is 0 Å². The summed E-state index contributed by atoms with van der Waals surface area (Å²) < 4.78 is 5.17. The first-order chi connectivity index (χ1) is 9.39. The zero-order chi connectivity index (χ0) is 14.8. The molecular formula is C17H31NO2. The fraction of sp³-hybridized carbons (Fsp3) is 0.941. The standard InChI is InChI=1S/C17H31NO2/c1-13-12-16(2,3)10-11-17(13,15(19)20-4)18-14-8-6-5-7-9-14/h13-14,18H,5-12H2,1-4H3. The summed E-state index contributed by atoms with van der Waals surface area (Å²) in [6.07, 6.45) is 9.40. The van der Waals surface area contributed by atoms with E-state index >= 15 is 0 Å². The van der Waals surface area contributed by atoms with Gasteiger partial charge in [0.25, 0.3) is 0 Å². The number of nitrogens with one attached hydrogen (secondary N) is 1. The minimum absolute atomic E-state index is 0.0499. The number of rotatable bonds is 3. The van der Waals surface area contributed by atoms with E-state index in [1.807, 2.05) is 0 Å².